The van der Waals surface area contributed by atoms with Gasteiger partial charge >= 0.3 is 6.03 Å². The molecule has 0 heterocycles. The molecule has 0 aliphatic rings. The molecule has 5 nitrogen and oxygen atoms in total. The first-order valence-corrected chi connectivity index (χ1v) is 8.97. The number of aryl methyl sites for hydroxylation is 2. The molecule has 1 rings (SSSR count). The number of urea groups is 1. The van der Waals surface area contributed by atoms with Gasteiger partial charge in [-0.3, -0.25) is 5.41 Å². The molecule has 0 fully saturated rings. The topological polar surface area (TPSA) is 82.2 Å². The highest BCUT2D eigenvalue weighted by Crippen LogP contribution is 2.24. The minimum atomic E-state index is -0.328. The third kappa shape index (κ3) is 7.78. The Balaban J connectivity index is 0.00000576. The summed E-state index contributed by atoms with van der Waals surface area (Å²) in [6, 6.07) is 5.44. The van der Waals surface area contributed by atoms with Crippen LogP contribution in [0.4, 0.5) is 10.5 Å². The monoisotopic (exact) mass is 368 g/mol. The summed E-state index contributed by atoms with van der Waals surface area (Å²) < 4.78 is 0. The number of nitrogens with one attached hydrogen (secondary N) is 2. The summed E-state index contributed by atoms with van der Waals surface area (Å²) in [5.74, 6) is -0.260. The summed E-state index contributed by atoms with van der Waals surface area (Å²) in [7, 11) is 0. The van der Waals surface area contributed by atoms with Crippen molar-refractivity contribution in [2.45, 2.75) is 65.7 Å². The Kier molecular flexibility index (Phi) is 11.7. The quantitative estimate of drug-likeness (QED) is 0.329. The van der Waals surface area contributed by atoms with E-state index in [0.717, 1.165) is 24.0 Å². The maximum absolute atomic E-state index is 12.5. The Morgan fingerprint density at radius 3 is 2.12 bits per heavy atom. The van der Waals surface area contributed by atoms with Crippen molar-refractivity contribution in [3.63, 3.8) is 0 Å². The molecule has 0 unspecified atom stereocenters. The summed E-state index contributed by atoms with van der Waals surface area (Å²) >= 11 is 0. The van der Waals surface area contributed by atoms with Gasteiger partial charge in [-0.15, -0.1) is 12.4 Å². The Bertz CT molecular complexity index is 528. The molecule has 0 radical (unpaired) electrons. The molecular formula is C19H33ClN4O. The van der Waals surface area contributed by atoms with Crippen molar-refractivity contribution in [1.29, 1.82) is 5.41 Å². The van der Waals surface area contributed by atoms with Gasteiger partial charge in [0.2, 0.25) is 5.96 Å². The Morgan fingerprint density at radius 2 is 1.60 bits per heavy atom. The number of para-hydroxylation sites is 1. The molecule has 0 aliphatic heterocycles. The fourth-order valence-corrected chi connectivity index (χ4v) is 2.85. The average molecular weight is 369 g/mol. The summed E-state index contributed by atoms with van der Waals surface area (Å²) in [5.41, 5.74) is 8.20. The van der Waals surface area contributed by atoms with Crippen LogP contribution in [0.1, 0.15) is 63.0 Å². The van der Waals surface area contributed by atoms with Crippen molar-refractivity contribution in [1.82, 2.24) is 5.32 Å². The summed E-state index contributed by atoms with van der Waals surface area (Å²) in [5, 5.41) is 10.7. The standard InChI is InChI=1S/C19H32N4O.ClH/c1-4-5-6-7-8-9-10-14-22-19(24)23(18(20)21)17-15(2)12-11-13-16(17)3;/h11-13H,4-10,14H2,1-3H3,(H3,20,21)(H,22,24);1H. The molecule has 25 heavy (non-hydrogen) atoms. The Hall–Kier alpha value is -1.75. The van der Waals surface area contributed by atoms with Gasteiger partial charge < -0.3 is 11.1 Å². The molecule has 0 aromatic heterocycles. The number of carbonyl (C=O) groups is 1. The van der Waals surface area contributed by atoms with Crippen molar-refractivity contribution in [2.24, 2.45) is 5.73 Å². The van der Waals surface area contributed by atoms with Gasteiger partial charge in [-0.1, -0.05) is 63.6 Å². The van der Waals surface area contributed by atoms with Crippen LogP contribution in [0, 0.1) is 19.3 Å². The second-order valence-electron chi connectivity index (χ2n) is 6.31. The average Bonchev–Trinajstić information content (AvgIpc) is 2.53. The van der Waals surface area contributed by atoms with E-state index in [1.807, 2.05) is 32.0 Å². The van der Waals surface area contributed by atoms with Crippen LogP contribution in [-0.2, 0) is 0 Å². The van der Waals surface area contributed by atoms with E-state index >= 15 is 0 Å². The largest absolute Gasteiger partial charge is 0.369 e. The number of rotatable bonds is 9. The normalized spacial score (nSPS) is 10.0. The first-order valence-electron chi connectivity index (χ1n) is 8.97. The maximum Gasteiger partial charge on any atom is 0.328 e. The number of carbonyl (C=O) groups excluding carboxylic acids is 1. The van der Waals surface area contributed by atoms with Gasteiger partial charge in [-0.05, 0) is 31.4 Å². The highest BCUT2D eigenvalue weighted by Gasteiger charge is 2.21. The van der Waals surface area contributed by atoms with Gasteiger partial charge in [0.15, 0.2) is 0 Å². The molecule has 2 amide bonds. The van der Waals surface area contributed by atoms with Crippen LogP contribution in [0.25, 0.3) is 0 Å². The number of guanidine groups is 1. The second-order valence-corrected chi connectivity index (χ2v) is 6.31. The van der Waals surface area contributed by atoms with E-state index in [1.54, 1.807) is 0 Å². The van der Waals surface area contributed by atoms with E-state index in [-0.39, 0.29) is 24.4 Å². The van der Waals surface area contributed by atoms with Crippen LogP contribution < -0.4 is 16.0 Å². The summed E-state index contributed by atoms with van der Waals surface area (Å²) in [4.78, 5) is 13.7. The van der Waals surface area contributed by atoms with E-state index < -0.39 is 0 Å². The lowest BCUT2D eigenvalue weighted by Gasteiger charge is -2.24. The van der Waals surface area contributed by atoms with Crippen LogP contribution in [0.3, 0.4) is 0 Å². The lowest BCUT2D eigenvalue weighted by molar-refractivity contribution is 0.248. The number of nitrogens with two attached hydrogens (primary N) is 1. The predicted octanol–water partition coefficient (Wildman–Crippen LogP) is 4.89. The van der Waals surface area contributed by atoms with E-state index in [9.17, 15) is 4.79 Å². The number of hydrogen-bond donors (Lipinski definition) is 3. The molecule has 0 saturated heterocycles. The fraction of sp³-hybridized carbons (Fsp3) is 0.579. The molecule has 1 aromatic carbocycles. The molecule has 1 aromatic rings. The zero-order chi connectivity index (χ0) is 17.9. The number of anilines is 1. The highest BCUT2D eigenvalue weighted by atomic mass is 35.5. The van der Waals surface area contributed by atoms with Gasteiger partial charge in [0.05, 0.1) is 5.69 Å². The molecule has 0 aliphatic carbocycles. The van der Waals surface area contributed by atoms with Gasteiger partial charge in [-0.2, -0.15) is 0 Å². The van der Waals surface area contributed by atoms with E-state index in [0.29, 0.717) is 12.2 Å². The van der Waals surface area contributed by atoms with Crippen molar-refractivity contribution in [2.75, 3.05) is 11.4 Å². The first kappa shape index (κ1) is 23.2. The van der Waals surface area contributed by atoms with Crippen LogP contribution in [-0.4, -0.2) is 18.5 Å². The molecule has 6 heteroatoms. The van der Waals surface area contributed by atoms with Crippen LogP contribution >= 0.6 is 12.4 Å². The molecule has 0 saturated carbocycles. The minimum Gasteiger partial charge on any atom is -0.369 e. The summed E-state index contributed by atoms with van der Waals surface area (Å²) in [6.07, 6.45) is 8.42. The zero-order valence-electron chi connectivity index (χ0n) is 15.7. The minimum absolute atomic E-state index is 0. The van der Waals surface area contributed by atoms with Gasteiger partial charge in [0.1, 0.15) is 0 Å². The molecule has 4 N–H and O–H groups in total. The van der Waals surface area contributed by atoms with Crippen LogP contribution in [0.2, 0.25) is 0 Å². The van der Waals surface area contributed by atoms with Crippen molar-refractivity contribution >= 4 is 30.1 Å². The predicted molar refractivity (Wildman–Crippen MR) is 109 cm³/mol. The Morgan fingerprint density at radius 1 is 1.08 bits per heavy atom. The van der Waals surface area contributed by atoms with Crippen molar-refractivity contribution in [3.05, 3.63) is 29.3 Å². The lowest BCUT2D eigenvalue weighted by atomic mass is 10.1. The van der Waals surface area contributed by atoms with E-state index in [1.165, 1.54) is 37.0 Å². The van der Waals surface area contributed by atoms with Gasteiger partial charge in [0, 0.05) is 6.54 Å². The number of halogens is 1. The third-order valence-corrected chi connectivity index (χ3v) is 4.16. The van der Waals surface area contributed by atoms with Crippen LogP contribution in [0.5, 0.6) is 0 Å². The molecule has 0 atom stereocenters. The number of hydrogen-bond acceptors (Lipinski definition) is 2. The molecule has 0 spiro atoms. The zero-order valence-corrected chi connectivity index (χ0v) is 16.5. The lowest BCUT2D eigenvalue weighted by Crippen LogP contribution is -2.48. The van der Waals surface area contributed by atoms with Crippen LogP contribution in [0.15, 0.2) is 18.2 Å². The molecular weight excluding hydrogens is 336 g/mol. The van der Waals surface area contributed by atoms with Crippen molar-refractivity contribution < 1.29 is 4.79 Å². The highest BCUT2D eigenvalue weighted by molar-refractivity contribution is 6.14. The number of nitrogens with zero attached hydrogens (tertiary/aromatic N) is 1. The third-order valence-electron chi connectivity index (χ3n) is 4.16. The smallest absolute Gasteiger partial charge is 0.328 e. The second kappa shape index (κ2) is 12.6. The molecule has 142 valence electrons. The number of amides is 2. The SMILES string of the molecule is CCCCCCCCCNC(=O)N(C(=N)N)c1c(C)cccc1C.Cl. The van der Waals surface area contributed by atoms with E-state index in [4.69, 9.17) is 11.1 Å². The summed E-state index contributed by atoms with van der Waals surface area (Å²) in [6.45, 7) is 6.66. The van der Waals surface area contributed by atoms with Gasteiger partial charge in [0.25, 0.3) is 0 Å². The van der Waals surface area contributed by atoms with Crippen molar-refractivity contribution in [3.8, 4) is 0 Å². The first-order chi connectivity index (χ1) is 11.5. The number of unbranched alkanes of at least 4 members (excludes halogenated alkanes) is 6. The maximum atomic E-state index is 12.5. The molecule has 0 bridgehead atoms. The Labute approximate surface area is 158 Å². The van der Waals surface area contributed by atoms with Gasteiger partial charge in [-0.25, -0.2) is 9.69 Å². The van der Waals surface area contributed by atoms with E-state index in [2.05, 4.69) is 12.2 Å². The fourth-order valence-electron chi connectivity index (χ4n) is 2.85. The number of benzene rings is 1.